The van der Waals surface area contributed by atoms with Gasteiger partial charge in [-0.1, -0.05) is 0 Å². The molecule has 0 aliphatic rings. The van der Waals surface area contributed by atoms with Gasteiger partial charge in [0.05, 0.1) is 34.0 Å². The molecule has 0 heterocycles. The third-order valence-electron chi connectivity index (χ3n) is 4.76. The third kappa shape index (κ3) is 6.46. The normalized spacial score (nSPS) is 10.3. The fourth-order valence-corrected chi connectivity index (χ4v) is 3.09. The van der Waals surface area contributed by atoms with Crippen molar-refractivity contribution in [1.82, 2.24) is 0 Å². The van der Waals surface area contributed by atoms with Crippen LogP contribution in [0, 0.1) is 0 Å². The third-order valence-corrected chi connectivity index (χ3v) is 4.76. The molecule has 0 bridgehead atoms. The lowest BCUT2D eigenvalue weighted by Crippen LogP contribution is -2.03. The first kappa shape index (κ1) is 23.6. The van der Waals surface area contributed by atoms with Crippen LogP contribution in [-0.4, -0.2) is 39.5 Å². The molecule has 0 unspecified atom stereocenters. The molecule has 0 fully saturated rings. The van der Waals surface area contributed by atoms with Crippen molar-refractivity contribution < 1.29 is 38.3 Å². The van der Waals surface area contributed by atoms with Gasteiger partial charge in [-0.3, -0.25) is 0 Å². The molecule has 0 aliphatic carbocycles. The summed E-state index contributed by atoms with van der Waals surface area (Å²) in [5.41, 5.74) is 1.66. The molecule has 0 amide bonds. The highest BCUT2D eigenvalue weighted by Gasteiger charge is 2.11. The molecule has 3 rings (SSSR count). The van der Waals surface area contributed by atoms with Gasteiger partial charge in [-0.05, 0) is 47.5 Å². The van der Waals surface area contributed by atoms with Gasteiger partial charge in [-0.15, -0.1) is 0 Å². The highest BCUT2D eigenvalue weighted by molar-refractivity contribution is 5.88. The molecule has 1 N–H and O–H groups in total. The molecular weight excluding hydrogens is 428 g/mol. The topological polar surface area (TPSA) is 92.7 Å². The molecule has 0 atom stereocenters. The van der Waals surface area contributed by atoms with E-state index in [1.165, 1.54) is 12.1 Å². The predicted octanol–water partition coefficient (Wildman–Crippen LogP) is 4.58. The van der Waals surface area contributed by atoms with Crippen LogP contribution < -0.4 is 28.4 Å². The van der Waals surface area contributed by atoms with E-state index in [0.29, 0.717) is 34.5 Å². The van der Waals surface area contributed by atoms with E-state index < -0.39 is 5.97 Å². The van der Waals surface area contributed by atoms with Gasteiger partial charge in [0, 0.05) is 18.2 Å². The van der Waals surface area contributed by atoms with Crippen LogP contribution in [0.5, 0.6) is 34.5 Å². The van der Waals surface area contributed by atoms with Crippen molar-refractivity contribution in [1.29, 1.82) is 0 Å². The van der Waals surface area contributed by atoms with Crippen molar-refractivity contribution in [2.45, 2.75) is 13.2 Å². The average Bonchev–Trinajstić information content (AvgIpc) is 2.85. The predicted molar refractivity (Wildman–Crippen MR) is 121 cm³/mol. The molecule has 174 valence electrons. The van der Waals surface area contributed by atoms with Gasteiger partial charge >= 0.3 is 5.97 Å². The molecule has 3 aromatic carbocycles. The van der Waals surface area contributed by atoms with Crippen molar-refractivity contribution in [3.05, 3.63) is 71.3 Å². The van der Waals surface area contributed by atoms with Crippen LogP contribution in [0.25, 0.3) is 0 Å². The minimum Gasteiger partial charge on any atom is -0.497 e. The maximum atomic E-state index is 11.6. The minimum absolute atomic E-state index is 0.0499. The van der Waals surface area contributed by atoms with E-state index in [1.54, 1.807) is 46.6 Å². The molecule has 0 aromatic heterocycles. The van der Waals surface area contributed by atoms with Gasteiger partial charge in [0.2, 0.25) is 0 Å². The average molecular weight is 454 g/mol. The fraction of sp³-hybridized carbons (Fsp3) is 0.240. The Balaban J connectivity index is 1.78. The first-order valence-corrected chi connectivity index (χ1v) is 10.0. The van der Waals surface area contributed by atoms with E-state index in [0.717, 1.165) is 11.1 Å². The van der Waals surface area contributed by atoms with Crippen LogP contribution in [-0.2, 0) is 13.2 Å². The summed E-state index contributed by atoms with van der Waals surface area (Å²) in [6, 6.07) is 15.3. The summed E-state index contributed by atoms with van der Waals surface area (Å²) in [6.07, 6.45) is 0. The van der Waals surface area contributed by atoms with E-state index in [2.05, 4.69) is 0 Å². The van der Waals surface area contributed by atoms with E-state index in [1.807, 2.05) is 24.3 Å². The zero-order valence-corrected chi connectivity index (χ0v) is 18.9. The smallest absolute Gasteiger partial charge is 0.335 e. The molecular formula is C25H26O8. The van der Waals surface area contributed by atoms with Crippen molar-refractivity contribution in [2.75, 3.05) is 28.4 Å². The molecule has 33 heavy (non-hydrogen) atoms. The zero-order valence-electron chi connectivity index (χ0n) is 18.9. The number of hydrogen-bond donors (Lipinski definition) is 1. The Morgan fingerprint density at radius 1 is 0.576 bits per heavy atom. The molecule has 3 aromatic rings. The van der Waals surface area contributed by atoms with Gasteiger partial charge in [-0.25, -0.2) is 4.79 Å². The van der Waals surface area contributed by atoms with E-state index in [-0.39, 0.29) is 18.8 Å². The molecule has 8 heteroatoms. The van der Waals surface area contributed by atoms with E-state index >= 15 is 0 Å². The number of hydrogen-bond acceptors (Lipinski definition) is 7. The van der Waals surface area contributed by atoms with Crippen LogP contribution in [0.15, 0.2) is 54.6 Å². The molecule has 8 nitrogen and oxygen atoms in total. The number of ether oxygens (including phenoxy) is 6. The molecule has 0 radical (unpaired) electrons. The Labute approximate surface area is 192 Å². The molecule has 0 spiro atoms. The van der Waals surface area contributed by atoms with Crippen molar-refractivity contribution >= 4 is 5.97 Å². The Kier molecular flexibility index (Phi) is 7.86. The number of carboxylic acid groups (broad SMARTS) is 1. The summed E-state index contributed by atoms with van der Waals surface area (Å²) in [5, 5.41) is 9.50. The molecule has 0 saturated carbocycles. The van der Waals surface area contributed by atoms with Gasteiger partial charge in [0.15, 0.2) is 0 Å². The second-order valence-electron chi connectivity index (χ2n) is 7.02. The van der Waals surface area contributed by atoms with Crippen molar-refractivity contribution in [3.8, 4) is 34.5 Å². The highest BCUT2D eigenvalue weighted by Crippen LogP contribution is 2.28. The number of carboxylic acids is 1. The van der Waals surface area contributed by atoms with Gasteiger partial charge in [0.25, 0.3) is 0 Å². The number of rotatable bonds is 11. The Hall–Kier alpha value is -4.07. The first-order chi connectivity index (χ1) is 15.9. The Bertz CT molecular complexity index is 987. The van der Waals surface area contributed by atoms with Crippen LogP contribution in [0.2, 0.25) is 0 Å². The van der Waals surface area contributed by atoms with Crippen molar-refractivity contribution in [3.63, 3.8) is 0 Å². The van der Waals surface area contributed by atoms with Gasteiger partial charge in [0.1, 0.15) is 47.7 Å². The van der Waals surface area contributed by atoms with Crippen LogP contribution in [0.1, 0.15) is 21.5 Å². The molecule has 0 saturated heterocycles. The minimum atomic E-state index is -1.09. The maximum Gasteiger partial charge on any atom is 0.335 e. The maximum absolute atomic E-state index is 11.6. The highest BCUT2D eigenvalue weighted by atomic mass is 16.5. The number of aromatic carboxylic acids is 1. The van der Waals surface area contributed by atoms with Crippen molar-refractivity contribution in [2.24, 2.45) is 0 Å². The number of carbonyl (C=O) groups is 1. The number of methoxy groups -OCH3 is 4. The van der Waals surface area contributed by atoms with Crippen LogP contribution >= 0.6 is 0 Å². The SMILES string of the molecule is COc1cc(COc2cc(OCc3cc(OC)cc(OC)c3)cc(C(=O)O)c2)cc(OC)c1. The zero-order chi connectivity index (χ0) is 23.8. The summed E-state index contributed by atoms with van der Waals surface area (Å²) in [4.78, 5) is 11.6. The summed E-state index contributed by atoms with van der Waals surface area (Å²) in [6.45, 7) is 0.367. The van der Waals surface area contributed by atoms with Crippen LogP contribution in [0.3, 0.4) is 0 Å². The lowest BCUT2D eigenvalue weighted by atomic mass is 10.2. The largest absolute Gasteiger partial charge is 0.497 e. The second kappa shape index (κ2) is 11.0. The van der Waals surface area contributed by atoms with Gasteiger partial charge < -0.3 is 33.5 Å². The molecule has 0 aliphatic heterocycles. The monoisotopic (exact) mass is 454 g/mol. The summed E-state index contributed by atoms with van der Waals surface area (Å²) >= 11 is 0. The summed E-state index contributed by atoms with van der Waals surface area (Å²) < 4.78 is 32.8. The first-order valence-electron chi connectivity index (χ1n) is 10.0. The Morgan fingerprint density at radius 3 is 1.21 bits per heavy atom. The summed E-state index contributed by atoms with van der Waals surface area (Å²) in [5.74, 6) is 2.14. The van der Waals surface area contributed by atoms with E-state index in [4.69, 9.17) is 28.4 Å². The second-order valence-corrected chi connectivity index (χ2v) is 7.02. The summed E-state index contributed by atoms with van der Waals surface area (Å²) in [7, 11) is 6.27. The quantitative estimate of drug-likeness (QED) is 0.450. The van der Waals surface area contributed by atoms with Gasteiger partial charge in [-0.2, -0.15) is 0 Å². The standard InChI is InChI=1S/C25H26O8/c1-28-19-5-16(6-20(11-19)29-2)14-32-23-9-18(25(26)27)10-24(13-23)33-15-17-7-21(30-3)12-22(8-17)31-4/h5-13H,14-15H2,1-4H3,(H,26,27). The fourth-order valence-electron chi connectivity index (χ4n) is 3.09. The van der Waals surface area contributed by atoms with E-state index in [9.17, 15) is 9.90 Å². The Morgan fingerprint density at radius 2 is 0.909 bits per heavy atom. The number of benzene rings is 3. The lowest BCUT2D eigenvalue weighted by molar-refractivity contribution is 0.0695. The van der Waals surface area contributed by atoms with Crippen LogP contribution in [0.4, 0.5) is 0 Å². The lowest BCUT2D eigenvalue weighted by Gasteiger charge is -2.13.